The Morgan fingerprint density at radius 3 is 2.77 bits per heavy atom. The minimum absolute atomic E-state index is 0.142. The maximum absolute atomic E-state index is 11.5. The topological polar surface area (TPSA) is 30.2 Å². The molecule has 0 unspecified atom stereocenters. The molecule has 0 atom stereocenters. The van der Waals surface area contributed by atoms with E-state index in [1.807, 2.05) is 13.0 Å². The molecular formula is C10H11IO2. The van der Waals surface area contributed by atoms with Crippen LogP contribution >= 0.6 is 22.6 Å². The molecule has 1 aromatic rings. The summed E-state index contributed by atoms with van der Waals surface area (Å²) in [7, 11) is 0. The second kappa shape index (κ2) is 3.44. The summed E-state index contributed by atoms with van der Waals surface area (Å²) in [5, 5.41) is 0. The first-order valence-corrected chi connectivity index (χ1v) is 5.62. The molecule has 1 aliphatic carbocycles. The standard InChI is InChI=1S/C10H11IO2/c1-2-7-8(11)5-9(6-3-4-6)13-10(7)12/h5-6H,2-4H2,1H3. The Morgan fingerprint density at radius 1 is 1.62 bits per heavy atom. The first-order chi connectivity index (χ1) is 6.22. The number of rotatable bonds is 2. The zero-order valence-corrected chi connectivity index (χ0v) is 9.63. The van der Waals surface area contributed by atoms with Crippen LogP contribution in [-0.4, -0.2) is 0 Å². The van der Waals surface area contributed by atoms with Gasteiger partial charge >= 0.3 is 5.63 Å². The SMILES string of the molecule is CCc1c(I)cc(C2CC2)oc1=O. The molecule has 2 nitrogen and oxygen atoms in total. The van der Waals surface area contributed by atoms with Gasteiger partial charge in [-0.3, -0.25) is 0 Å². The molecule has 0 radical (unpaired) electrons. The highest BCUT2D eigenvalue weighted by Gasteiger charge is 2.27. The first kappa shape index (κ1) is 9.24. The Hall–Kier alpha value is -0.320. The molecule has 3 heteroatoms. The summed E-state index contributed by atoms with van der Waals surface area (Å²) in [5.74, 6) is 1.40. The Kier molecular flexibility index (Phi) is 2.45. The van der Waals surface area contributed by atoms with E-state index < -0.39 is 0 Å². The molecule has 2 rings (SSSR count). The molecule has 13 heavy (non-hydrogen) atoms. The minimum Gasteiger partial charge on any atom is -0.427 e. The Labute approximate surface area is 90.5 Å². The summed E-state index contributed by atoms with van der Waals surface area (Å²) >= 11 is 2.21. The van der Waals surface area contributed by atoms with Crippen molar-refractivity contribution in [2.75, 3.05) is 0 Å². The second-order valence-corrected chi connectivity index (χ2v) is 4.55. The fraction of sp³-hybridized carbons (Fsp3) is 0.500. The normalized spacial score (nSPS) is 16.2. The van der Waals surface area contributed by atoms with Gasteiger partial charge in [-0.25, -0.2) is 4.79 Å². The smallest absolute Gasteiger partial charge is 0.340 e. The zero-order valence-electron chi connectivity index (χ0n) is 7.47. The molecular weight excluding hydrogens is 279 g/mol. The molecule has 1 aromatic heterocycles. The molecule has 0 bridgehead atoms. The van der Waals surface area contributed by atoms with Gasteiger partial charge in [0.15, 0.2) is 0 Å². The van der Waals surface area contributed by atoms with Gasteiger partial charge in [-0.2, -0.15) is 0 Å². The van der Waals surface area contributed by atoms with Gasteiger partial charge in [-0.15, -0.1) is 0 Å². The Balaban J connectivity index is 2.48. The van der Waals surface area contributed by atoms with Gasteiger partial charge in [-0.1, -0.05) is 6.92 Å². The summed E-state index contributed by atoms with van der Waals surface area (Å²) < 4.78 is 6.30. The van der Waals surface area contributed by atoms with Crippen molar-refractivity contribution in [2.24, 2.45) is 0 Å². The minimum atomic E-state index is -0.142. The van der Waals surface area contributed by atoms with Gasteiger partial charge in [0.2, 0.25) is 0 Å². The molecule has 0 amide bonds. The largest absolute Gasteiger partial charge is 0.427 e. The van der Waals surface area contributed by atoms with Crippen LogP contribution in [0.2, 0.25) is 0 Å². The molecule has 70 valence electrons. The van der Waals surface area contributed by atoms with Crippen molar-refractivity contribution in [1.29, 1.82) is 0 Å². The second-order valence-electron chi connectivity index (χ2n) is 3.39. The molecule has 0 saturated heterocycles. The molecule has 0 aliphatic heterocycles. The van der Waals surface area contributed by atoms with Crippen LogP contribution in [0.25, 0.3) is 0 Å². The van der Waals surface area contributed by atoms with Crippen LogP contribution in [0.15, 0.2) is 15.3 Å². The Morgan fingerprint density at radius 2 is 2.31 bits per heavy atom. The molecule has 1 aliphatic rings. The van der Waals surface area contributed by atoms with Gasteiger partial charge in [0, 0.05) is 9.49 Å². The van der Waals surface area contributed by atoms with Crippen molar-refractivity contribution in [3.8, 4) is 0 Å². The fourth-order valence-electron chi connectivity index (χ4n) is 1.39. The fourth-order valence-corrected chi connectivity index (χ4v) is 2.30. The van der Waals surface area contributed by atoms with Crippen molar-refractivity contribution in [2.45, 2.75) is 32.1 Å². The average molecular weight is 290 g/mol. The summed E-state index contributed by atoms with van der Waals surface area (Å²) in [6.07, 6.45) is 3.10. The highest BCUT2D eigenvalue weighted by molar-refractivity contribution is 14.1. The zero-order chi connectivity index (χ0) is 9.42. The number of hydrogen-bond acceptors (Lipinski definition) is 2. The average Bonchev–Trinajstić information content (AvgIpc) is 2.85. The van der Waals surface area contributed by atoms with Crippen LogP contribution in [0.3, 0.4) is 0 Å². The third kappa shape index (κ3) is 1.80. The van der Waals surface area contributed by atoms with Crippen LogP contribution in [0.5, 0.6) is 0 Å². The molecule has 0 spiro atoms. The highest BCUT2D eigenvalue weighted by Crippen LogP contribution is 2.40. The molecule has 1 heterocycles. The van der Waals surface area contributed by atoms with E-state index in [1.54, 1.807) is 0 Å². The van der Waals surface area contributed by atoms with Gasteiger partial charge in [0.1, 0.15) is 5.76 Å². The van der Waals surface area contributed by atoms with E-state index >= 15 is 0 Å². The monoisotopic (exact) mass is 290 g/mol. The van der Waals surface area contributed by atoms with Crippen LogP contribution in [0, 0.1) is 3.57 Å². The molecule has 1 fully saturated rings. The van der Waals surface area contributed by atoms with Crippen LogP contribution in [-0.2, 0) is 6.42 Å². The summed E-state index contributed by atoms with van der Waals surface area (Å²) in [4.78, 5) is 11.5. The lowest BCUT2D eigenvalue weighted by Crippen LogP contribution is -2.10. The Bertz CT molecular complexity index is 377. The van der Waals surface area contributed by atoms with E-state index in [9.17, 15) is 4.79 Å². The van der Waals surface area contributed by atoms with E-state index in [0.717, 1.165) is 21.3 Å². The third-order valence-corrected chi connectivity index (χ3v) is 3.31. The molecule has 0 aromatic carbocycles. The van der Waals surface area contributed by atoms with Crippen molar-refractivity contribution >= 4 is 22.6 Å². The van der Waals surface area contributed by atoms with Crippen molar-refractivity contribution in [3.05, 3.63) is 31.4 Å². The molecule has 1 saturated carbocycles. The van der Waals surface area contributed by atoms with Crippen LogP contribution < -0.4 is 5.63 Å². The summed E-state index contributed by atoms with van der Waals surface area (Å²) in [6, 6.07) is 2.01. The van der Waals surface area contributed by atoms with Gasteiger partial charge < -0.3 is 4.42 Å². The van der Waals surface area contributed by atoms with Crippen LogP contribution in [0.1, 0.15) is 37.0 Å². The summed E-state index contributed by atoms with van der Waals surface area (Å²) in [6.45, 7) is 1.98. The van der Waals surface area contributed by atoms with Gasteiger partial charge in [-0.05, 0) is 47.9 Å². The maximum Gasteiger partial charge on any atom is 0.340 e. The quantitative estimate of drug-likeness (QED) is 0.784. The van der Waals surface area contributed by atoms with Gasteiger partial charge in [0.25, 0.3) is 0 Å². The van der Waals surface area contributed by atoms with Crippen LogP contribution in [0.4, 0.5) is 0 Å². The number of hydrogen-bond donors (Lipinski definition) is 0. The first-order valence-electron chi connectivity index (χ1n) is 4.54. The van der Waals surface area contributed by atoms with Crippen molar-refractivity contribution in [1.82, 2.24) is 0 Å². The lowest BCUT2D eigenvalue weighted by atomic mass is 10.2. The highest BCUT2D eigenvalue weighted by atomic mass is 127. The van der Waals surface area contributed by atoms with Crippen molar-refractivity contribution in [3.63, 3.8) is 0 Å². The molecule has 0 N–H and O–H groups in total. The summed E-state index contributed by atoms with van der Waals surface area (Å²) in [5.41, 5.74) is 0.668. The van der Waals surface area contributed by atoms with E-state index in [0.29, 0.717) is 5.92 Å². The van der Waals surface area contributed by atoms with E-state index in [2.05, 4.69) is 22.6 Å². The van der Waals surface area contributed by atoms with E-state index in [4.69, 9.17) is 4.42 Å². The van der Waals surface area contributed by atoms with E-state index in [-0.39, 0.29) is 5.63 Å². The lowest BCUT2D eigenvalue weighted by Gasteiger charge is -2.01. The predicted octanol–water partition coefficient (Wildman–Crippen LogP) is 2.68. The van der Waals surface area contributed by atoms with Gasteiger partial charge in [0.05, 0.1) is 5.56 Å². The third-order valence-electron chi connectivity index (χ3n) is 2.35. The number of halogens is 1. The predicted molar refractivity (Wildman–Crippen MR) is 59.0 cm³/mol. The van der Waals surface area contributed by atoms with E-state index in [1.165, 1.54) is 12.8 Å². The van der Waals surface area contributed by atoms with Crippen molar-refractivity contribution < 1.29 is 4.42 Å². The maximum atomic E-state index is 11.5. The lowest BCUT2D eigenvalue weighted by molar-refractivity contribution is 0.453.